The van der Waals surface area contributed by atoms with E-state index in [2.05, 4.69) is 20.2 Å². The molecule has 10 heteroatoms. The number of phenolic OH excluding ortho intramolecular Hbond substituents is 1. The Morgan fingerprint density at radius 3 is 2.90 bits per heavy atom. The van der Waals surface area contributed by atoms with E-state index in [4.69, 9.17) is 0 Å². The zero-order chi connectivity index (χ0) is 21.7. The van der Waals surface area contributed by atoms with Crippen molar-refractivity contribution in [1.29, 1.82) is 0 Å². The first-order chi connectivity index (χ1) is 14.9. The van der Waals surface area contributed by atoms with Gasteiger partial charge in [-0.2, -0.15) is 9.40 Å². The maximum atomic E-state index is 14.0. The van der Waals surface area contributed by atoms with Crippen molar-refractivity contribution >= 4 is 22.2 Å². The Bertz CT molecular complexity index is 1330. The number of aromatic amines is 2. The summed E-state index contributed by atoms with van der Waals surface area (Å²) in [6, 6.07) is 8.51. The molecule has 0 radical (unpaired) electrons. The van der Waals surface area contributed by atoms with E-state index >= 15 is 0 Å². The molecule has 0 fully saturated rings. The summed E-state index contributed by atoms with van der Waals surface area (Å²) in [6.07, 6.45) is 1.24. The van der Waals surface area contributed by atoms with Crippen LogP contribution in [0.5, 0.6) is 5.75 Å². The van der Waals surface area contributed by atoms with Crippen LogP contribution in [-0.2, 0) is 30.7 Å². The number of fused-ring (bicyclic) bond motifs is 2. The minimum atomic E-state index is -2.01. The minimum Gasteiger partial charge on any atom is -0.505 e. The summed E-state index contributed by atoms with van der Waals surface area (Å²) in [4.78, 5) is 7.88. The number of nitrogens with zero attached hydrogens (tertiary/aromatic N) is 3. The number of aromatic hydroxyl groups is 1. The van der Waals surface area contributed by atoms with Gasteiger partial charge in [-0.15, -0.1) is 0 Å². The third-order valence-electron chi connectivity index (χ3n) is 5.67. The van der Waals surface area contributed by atoms with Crippen LogP contribution in [-0.4, -0.2) is 44.9 Å². The van der Waals surface area contributed by atoms with Crippen LogP contribution in [0, 0.1) is 5.82 Å². The normalized spacial score (nSPS) is 15.3. The number of hydrogen-bond donors (Lipinski definition) is 4. The van der Waals surface area contributed by atoms with Crippen LogP contribution < -0.4 is 0 Å². The fourth-order valence-corrected chi connectivity index (χ4v) is 4.54. The highest BCUT2D eigenvalue weighted by molar-refractivity contribution is 7.76. The summed E-state index contributed by atoms with van der Waals surface area (Å²) in [5, 5.41) is 18.0. The van der Waals surface area contributed by atoms with Gasteiger partial charge in [-0.3, -0.25) is 9.65 Å². The highest BCUT2D eigenvalue weighted by atomic mass is 32.2. The SMILES string of the molecule is CCc1cc(O)c(F)cc1-c1ccc2c(-c3nc4c([nH]3)CN(S(=O)O)CC4)n[nH]c2c1. The van der Waals surface area contributed by atoms with Gasteiger partial charge in [0.25, 0.3) is 0 Å². The third kappa shape index (κ3) is 3.42. The molecule has 1 aliphatic heterocycles. The molecule has 0 saturated carbocycles. The van der Waals surface area contributed by atoms with Crippen molar-refractivity contribution in [2.24, 2.45) is 0 Å². The molecule has 2 aromatic carbocycles. The molecule has 160 valence electrons. The number of H-pyrrole nitrogens is 2. The number of phenols is 1. The molecular weight excluding hydrogens is 421 g/mol. The molecule has 4 aromatic rings. The predicted molar refractivity (Wildman–Crippen MR) is 115 cm³/mol. The smallest absolute Gasteiger partial charge is 0.234 e. The van der Waals surface area contributed by atoms with Gasteiger partial charge >= 0.3 is 0 Å². The zero-order valence-electron chi connectivity index (χ0n) is 16.6. The number of rotatable bonds is 4. The third-order valence-corrected chi connectivity index (χ3v) is 6.42. The van der Waals surface area contributed by atoms with E-state index in [1.807, 2.05) is 25.1 Å². The molecule has 4 N–H and O–H groups in total. The van der Waals surface area contributed by atoms with E-state index in [1.165, 1.54) is 16.4 Å². The Morgan fingerprint density at radius 1 is 1.29 bits per heavy atom. The van der Waals surface area contributed by atoms with Crippen molar-refractivity contribution in [1.82, 2.24) is 24.5 Å². The van der Waals surface area contributed by atoms with Gasteiger partial charge in [0, 0.05) is 18.4 Å². The summed E-state index contributed by atoms with van der Waals surface area (Å²) in [5.74, 6) is -0.410. The maximum Gasteiger partial charge on any atom is 0.234 e. The molecular formula is C21H20FN5O3S. The van der Waals surface area contributed by atoms with Crippen molar-refractivity contribution in [2.75, 3.05) is 6.54 Å². The van der Waals surface area contributed by atoms with Crippen molar-refractivity contribution < 1.29 is 18.3 Å². The van der Waals surface area contributed by atoms with Gasteiger partial charge in [-0.1, -0.05) is 13.0 Å². The second-order valence-corrected chi connectivity index (χ2v) is 8.48. The first kappa shape index (κ1) is 19.9. The average molecular weight is 441 g/mol. The Kier molecular flexibility index (Phi) is 4.84. The quantitative estimate of drug-likeness (QED) is 0.362. The summed E-state index contributed by atoms with van der Waals surface area (Å²) in [5.41, 5.74) is 5.50. The molecule has 0 bridgehead atoms. The van der Waals surface area contributed by atoms with Crippen LogP contribution in [0.4, 0.5) is 4.39 Å². The molecule has 0 spiro atoms. The summed E-state index contributed by atoms with van der Waals surface area (Å²) in [7, 11) is 0. The molecule has 0 saturated heterocycles. The van der Waals surface area contributed by atoms with Crippen LogP contribution in [0.25, 0.3) is 33.5 Å². The molecule has 31 heavy (non-hydrogen) atoms. The van der Waals surface area contributed by atoms with Crippen LogP contribution in [0.15, 0.2) is 30.3 Å². The van der Waals surface area contributed by atoms with Crippen molar-refractivity contribution in [3.8, 4) is 28.4 Å². The second kappa shape index (κ2) is 7.56. The predicted octanol–water partition coefficient (Wildman–Crippen LogP) is 3.52. The van der Waals surface area contributed by atoms with Gasteiger partial charge in [0.1, 0.15) is 5.69 Å². The number of aromatic nitrogens is 4. The number of aryl methyl sites for hydroxylation is 1. The lowest BCUT2D eigenvalue weighted by atomic mass is 9.96. The first-order valence-electron chi connectivity index (χ1n) is 9.88. The molecule has 1 atom stereocenters. The van der Waals surface area contributed by atoms with Crippen molar-refractivity contribution in [2.45, 2.75) is 26.3 Å². The van der Waals surface area contributed by atoms with Gasteiger partial charge in [-0.05, 0) is 47.4 Å². The van der Waals surface area contributed by atoms with Gasteiger partial charge < -0.3 is 10.1 Å². The van der Waals surface area contributed by atoms with Gasteiger partial charge in [0.15, 0.2) is 17.4 Å². The van der Waals surface area contributed by atoms with Gasteiger partial charge in [-0.25, -0.2) is 13.6 Å². The van der Waals surface area contributed by atoms with Gasteiger partial charge in [0.2, 0.25) is 11.3 Å². The van der Waals surface area contributed by atoms with E-state index in [1.54, 1.807) is 0 Å². The highest BCUT2D eigenvalue weighted by Gasteiger charge is 2.24. The summed E-state index contributed by atoms with van der Waals surface area (Å²) < 4.78 is 36.1. The zero-order valence-corrected chi connectivity index (χ0v) is 17.5. The fraction of sp³-hybridized carbons (Fsp3) is 0.238. The number of imidazole rings is 1. The Morgan fingerprint density at radius 2 is 2.13 bits per heavy atom. The van der Waals surface area contributed by atoms with E-state index < -0.39 is 17.1 Å². The van der Waals surface area contributed by atoms with Crippen LogP contribution in [0.2, 0.25) is 0 Å². The van der Waals surface area contributed by atoms with Crippen molar-refractivity contribution in [3.63, 3.8) is 0 Å². The molecule has 5 rings (SSSR count). The van der Waals surface area contributed by atoms with Crippen LogP contribution >= 0.6 is 0 Å². The molecule has 1 aliphatic rings. The minimum absolute atomic E-state index is 0.324. The van der Waals surface area contributed by atoms with E-state index in [-0.39, 0.29) is 5.75 Å². The second-order valence-electron chi connectivity index (χ2n) is 7.50. The standard InChI is InChI=1S/C21H20FN5O3S/c1-2-11-8-19(28)15(22)9-14(11)12-3-4-13-17(7-12)25-26-20(13)21-23-16-5-6-27(31(29)30)10-18(16)24-21/h3-4,7-9,28H,2,5-6,10H2,1H3,(H,23,24)(H,25,26)(H,29,30). The molecule has 2 aromatic heterocycles. The lowest BCUT2D eigenvalue weighted by Gasteiger charge is -2.21. The first-order valence-corrected chi connectivity index (χ1v) is 10.9. The fourth-order valence-electron chi connectivity index (χ4n) is 4.05. The number of benzene rings is 2. The molecule has 1 unspecified atom stereocenters. The van der Waals surface area contributed by atoms with E-state index in [9.17, 15) is 18.3 Å². The molecule has 8 nitrogen and oxygen atoms in total. The summed E-state index contributed by atoms with van der Waals surface area (Å²) >= 11 is -2.01. The maximum absolute atomic E-state index is 14.0. The number of nitrogens with one attached hydrogen (secondary N) is 2. The van der Waals surface area contributed by atoms with E-state index in [0.717, 1.165) is 39.0 Å². The Hall–Kier alpha value is -3.08. The highest BCUT2D eigenvalue weighted by Crippen LogP contribution is 2.34. The number of halogens is 1. The average Bonchev–Trinajstić information content (AvgIpc) is 3.37. The van der Waals surface area contributed by atoms with Crippen LogP contribution in [0.3, 0.4) is 0 Å². The molecule has 0 amide bonds. The van der Waals surface area contributed by atoms with E-state index in [0.29, 0.717) is 37.4 Å². The summed E-state index contributed by atoms with van der Waals surface area (Å²) in [6.45, 7) is 2.74. The van der Waals surface area contributed by atoms with Gasteiger partial charge in [0.05, 0.1) is 23.4 Å². The molecule has 0 aliphatic carbocycles. The number of hydrogen-bond acceptors (Lipinski definition) is 4. The lowest BCUT2D eigenvalue weighted by molar-refractivity contribution is 0.373. The Balaban J connectivity index is 1.53. The monoisotopic (exact) mass is 441 g/mol. The van der Waals surface area contributed by atoms with Crippen LogP contribution in [0.1, 0.15) is 23.9 Å². The Labute approximate surface area is 179 Å². The van der Waals surface area contributed by atoms with Crippen molar-refractivity contribution in [3.05, 3.63) is 53.1 Å². The topological polar surface area (TPSA) is 118 Å². The largest absolute Gasteiger partial charge is 0.505 e. The lowest BCUT2D eigenvalue weighted by Crippen LogP contribution is -2.31. The molecule has 3 heterocycles.